The molecule has 0 spiro atoms. The highest BCUT2D eigenvalue weighted by Gasteiger charge is 2.21. The summed E-state index contributed by atoms with van der Waals surface area (Å²) in [5.74, 6) is 0. The molecule has 0 aromatic rings. The maximum atomic E-state index is 11.4. The van der Waals surface area contributed by atoms with Crippen LogP contribution >= 0.6 is 7.75 Å². The number of ether oxygens (including phenoxy) is 1. The second-order valence-electron chi connectivity index (χ2n) is 5.31. The monoisotopic (exact) mass is 340 g/mol. The van der Waals surface area contributed by atoms with Gasteiger partial charge < -0.3 is 24.2 Å². The van der Waals surface area contributed by atoms with E-state index < -0.39 is 7.75 Å². The predicted octanol–water partition coefficient (Wildman–Crippen LogP) is -0.494. The van der Waals surface area contributed by atoms with Gasteiger partial charge in [-0.2, -0.15) is 0 Å². The summed E-state index contributed by atoms with van der Waals surface area (Å²) in [6.45, 7) is 11.1. The molecule has 0 saturated carbocycles. The van der Waals surface area contributed by atoms with Crippen molar-refractivity contribution in [2.75, 3.05) is 53.0 Å². The van der Waals surface area contributed by atoms with Gasteiger partial charge in [0, 0.05) is 13.2 Å². The molecule has 2 unspecified atom stereocenters. The number of nitrogens with zero attached hydrogens (tertiary/aromatic N) is 1. The van der Waals surface area contributed by atoms with E-state index in [1.165, 1.54) is 26.7 Å². The van der Waals surface area contributed by atoms with Crippen molar-refractivity contribution in [3.63, 3.8) is 0 Å². The largest absolute Gasteiger partial charge is 0.766 e. The van der Waals surface area contributed by atoms with Crippen molar-refractivity contribution < 1.29 is 28.7 Å². The molecule has 0 bridgehead atoms. The third-order valence-electron chi connectivity index (χ3n) is 3.79. The van der Waals surface area contributed by atoms with Gasteiger partial charge >= 0.3 is 0 Å². The van der Waals surface area contributed by atoms with Gasteiger partial charge in [0.05, 0.1) is 39.0 Å². The summed E-state index contributed by atoms with van der Waals surface area (Å²) in [4.78, 5) is 13.1. The molecule has 1 rings (SSSR count). The van der Waals surface area contributed by atoms with Gasteiger partial charge in [-0.25, -0.2) is 4.67 Å². The standard InChI is InChI=1S/C8H18NO5P.C6H15N/c1-9(4-5-10)15(11,12)14-7-8-3-2-6-13-8;1-4-7(5-2)6-3/h8,10H,2-7H2,1H3,(H,11,12);4-6H2,1-3H3. The Morgan fingerprint density at radius 3 is 2.32 bits per heavy atom. The first-order chi connectivity index (χ1) is 10.4. The van der Waals surface area contributed by atoms with Crippen molar-refractivity contribution in [3.05, 3.63) is 0 Å². The molecule has 2 N–H and O–H groups in total. The lowest BCUT2D eigenvalue weighted by atomic mass is 10.2. The highest BCUT2D eigenvalue weighted by atomic mass is 31.2. The molecule has 2 atom stereocenters. The van der Waals surface area contributed by atoms with E-state index in [9.17, 15) is 9.46 Å². The average Bonchev–Trinajstić information content (AvgIpc) is 3.01. The molecule has 1 aliphatic rings. The molecule has 1 heterocycles. The third-order valence-corrected chi connectivity index (χ3v) is 5.30. The summed E-state index contributed by atoms with van der Waals surface area (Å²) in [6, 6.07) is 0. The molecule has 134 valence electrons. The fourth-order valence-electron chi connectivity index (χ4n) is 2.07. The van der Waals surface area contributed by atoms with E-state index in [1.54, 1.807) is 4.90 Å². The average molecular weight is 340 g/mol. The molecule has 1 aliphatic heterocycles. The number of hydrogen-bond acceptors (Lipinski definition) is 5. The van der Waals surface area contributed by atoms with Crippen molar-refractivity contribution in [2.45, 2.75) is 39.7 Å². The zero-order chi connectivity index (χ0) is 17.0. The van der Waals surface area contributed by atoms with Crippen molar-refractivity contribution in [2.24, 2.45) is 0 Å². The van der Waals surface area contributed by atoms with E-state index in [1.807, 2.05) is 0 Å². The molecule has 22 heavy (non-hydrogen) atoms. The van der Waals surface area contributed by atoms with Crippen molar-refractivity contribution >= 4 is 7.75 Å². The normalized spacial score (nSPS) is 20.8. The highest BCUT2D eigenvalue weighted by Crippen LogP contribution is 2.40. The van der Waals surface area contributed by atoms with Crippen LogP contribution in [-0.4, -0.2) is 68.9 Å². The molecule has 1 saturated heterocycles. The molecule has 8 heteroatoms. The van der Waals surface area contributed by atoms with E-state index in [4.69, 9.17) is 14.4 Å². The lowest BCUT2D eigenvalue weighted by molar-refractivity contribution is -0.894. The van der Waals surface area contributed by atoms with Gasteiger partial charge in [0.25, 0.3) is 0 Å². The van der Waals surface area contributed by atoms with Gasteiger partial charge in [-0.1, -0.05) is 0 Å². The Labute approximate surface area is 134 Å². The lowest BCUT2D eigenvalue weighted by Gasteiger charge is -2.32. The third kappa shape index (κ3) is 9.20. The Kier molecular flexibility index (Phi) is 12.4. The maximum Gasteiger partial charge on any atom is 0.206 e. The Bertz CT molecular complexity index is 304. The van der Waals surface area contributed by atoms with Gasteiger partial charge in [0.15, 0.2) is 0 Å². The minimum atomic E-state index is -4.01. The zero-order valence-corrected chi connectivity index (χ0v) is 15.3. The number of likely N-dealkylation sites (N-methyl/N-ethyl adjacent to an activating group) is 1. The van der Waals surface area contributed by atoms with E-state index in [0.717, 1.165) is 17.5 Å². The van der Waals surface area contributed by atoms with Crippen LogP contribution in [0.4, 0.5) is 0 Å². The molecule has 7 nitrogen and oxygen atoms in total. The van der Waals surface area contributed by atoms with Gasteiger partial charge in [0.1, 0.15) is 0 Å². The van der Waals surface area contributed by atoms with Crippen molar-refractivity contribution in [1.29, 1.82) is 0 Å². The number of aliphatic hydroxyl groups excluding tert-OH is 1. The molecule has 0 aromatic carbocycles. The van der Waals surface area contributed by atoms with E-state index in [2.05, 4.69) is 20.8 Å². The van der Waals surface area contributed by atoms with Crippen LogP contribution in [0.2, 0.25) is 0 Å². The fourth-order valence-corrected chi connectivity index (χ4v) is 2.96. The second-order valence-corrected chi connectivity index (χ2v) is 7.19. The van der Waals surface area contributed by atoms with Crippen LogP contribution in [0.25, 0.3) is 0 Å². The number of nitrogens with one attached hydrogen (secondary N) is 1. The second kappa shape index (κ2) is 12.4. The van der Waals surface area contributed by atoms with Gasteiger partial charge in [0.2, 0.25) is 7.75 Å². The quantitative estimate of drug-likeness (QED) is 0.551. The summed E-state index contributed by atoms with van der Waals surface area (Å²) in [5.41, 5.74) is 0. The Morgan fingerprint density at radius 2 is 1.95 bits per heavy atom. The molecule has 0 aromatic heterocycles. The first kappa shape index (κ1) is 22.0. The number of hydrogen-bond donors (Lipinski definition) is 2. The van der Waals surface area contributed by atoms with Crippen LogP contribution in [0, 0.1) is 0 Å². The molecule has 1 fully saturated rings. The maximum absolute atomic E-state index is 11.4. The van der Waals surface area contributed by atoms with Gasteiger partial charge in [-0.3, -0.25) is 4.57 Å². The van der Waals surface area contributed by atoms with Crippen molar-refractivity contribution in [1.82, 2.24) is 4.67 Å². The van der Waals surface area contributed by atoms with E-state index in [-0.39, 0.29) is 25.9 Å². The first-order valence-electron chi connectivity index (χ1n) is 8.14. The minimum absolute atomic E-state index is 0.0479. The summed E-state index contributed by atoms with van der Waals surface area (Å²) < 4.78 is 22.5. The van der Waals surface area contributed by atoms with Crippen LogP contribution in [0.15, 0.2) is 0 Å². The van der Waals surface area contributed by atoms with Gasteiger partial charge in [-0.05, 0) is 40.7 Å². The Hall–Kier alpha value is -0.0100. The topological polar surface area (TPSA) is 86.5 Å². The Morgan fingerprint density at radius 1 is 1.36 bits per heavy atom. The number of aliphatic hydroxyl groups is 1. The van der Waals surface area contributed by atoms with Crippen LogP contribution in [-0.2, 0) is 13.8 Å². The molecule has 0 radical (unpaired) electrons. The summed E-state index contributed by atoms with van der Waals surface area (Å²) in [7, 11) is -2.63. The van der Waals surface area contributed by atoms with Crippen LogP contribution in [0.5, 0.6) is 0 Å². The SMILES string of the molecule is CC[NH+](CC)CC.CN(CCO)P(=O)([O-])OCC1CCCO1. The summed E-state index contributed by atoms with van der Waals surface area (Å²) >= 11 is 0. The number of quaternary nitrogens is 1. The van der Waals surface area contributed by atoms with Crippen LogP contribution < -0.4 is 9.79 Å². The first-order valence-corrected chi connectivity index (χ1v) is 9.63. The molecule has 0 amide bonds. The smallest absolute Gasteiger partial charge is 0.206 e. The fraction of sp³-hybridized carbons (Fsp3) is 1.00. The predicted molar refractivity (Wildman–Crippen MR) is 84.8 cm³/mol. The summed E-state index contributed by atoms with van der Waals surface area (Å²) in [5, 5.41) is 8.60. The van der Waals surface area contributed by atoms with E-state index in [0.29, 0.717) is 6.61 Å². The molecule has 0 aliphatic carbocycles. The molecular weight excluding hydrogens is 307 g/mol. The van der Waals surface area contributed by atoms with Crippen LogP contribution in [0.1, 0.15) is 33.6 Å². The van der Waals surface area contributed by atoms with Gasteiger partial charge in [-0.15, -0.1) is 0 Å². The Balaban J connectivity index is 0.000000534. The molecular formula is C14H33N2O5P. The van der Waals surface area contributed by atoms with Crippen molar-refractivity contribution in [3.8, 4) is 0 Å². The number of rotatable bonds is 9. The minimum Gasteiger partial charge on any atom is -0.766 e. The van der Waals surface area contributed by atoms with Crippen LogP contribution in [0.3, 0.4) is 0 Å². The van der Waals surface area contributed by atoms with E-state index >= 15 is 0 Å². The highest BCUT2D eigenvalue weighted by molar-refractivity contribution is 7.48. The lowest BCUT2D eigenvalue weighted by Crippen LogP contribution is -3.11. The zero-order valence-electron chi connectivity index (χ0n) is 14.4. The summed E-state index contributed by atoms with van der Waals surface area (Å²) in [6.07, 6.45) is 1.67.